The van der Waals surface area contributed by atoms with E-state index < -0.39 is 41.5 Å². The molecule has 210 valence electrons. The lowest BCUT2D eigenvalue weighted by molar-refractivity contribution is 1.11. The number of hydrogen-bond donors (Lipinski definition) is 3. The maximum absolute atomic E-state index is 5.37. The van der Waals surface area contributed by atoms with Crippen LogP contribution < -0.4 is 10.8 Å². The number of nitrogens with zero attached hydrogens (tertiary/aromatic N) is 3. The number of H-pyrrole nitrogens is 2. The van der Waals surface area contributed by atoms with Crippen LogP contribution in [0.5, 0.6) is 0 Å². The van der Waals surface area contributed by atoms with Gasteiger partial charge in [0.05, 0.1) is 6.99 Å². The summed E-state index contributed by atoms with van der Waals surface area (Å²) in [5.74, 6) is 2.71. The Morgan fingerprint density at radius 1 is 0.614 bits per heavy atom. The van der Waals surface area contributed by atoms with Crippen LogP contribution in [0.1, 0.15) is 26.3 Å². The minimum atomic E-state index is -0.639. The molecule has 5 heterocycles. The van der Waals surface area contributed by atoms with E-state index in [0.29, 0.717) is 0 Å². The van der Waals surface area contributed by atoms with E-state index in [-0.39, 0.29) is 4.05 Å². The Labute approximate surface area is 271 Å². The summed E-state index contributed by atoms with van der Waals surface area (Å²) in [6.45, 7) is 0. The van der Waals surface area contributed by atoms with Crippen LogP contribution in [0.3, 0.4) is 0 Å². The maximum atomic E-state index is 5.37. The highest BCUT2D eigenvalue weighted by molar-refractivity contribution is 14.2. The second kappa shape index (κ2) is 9.60. The molecule has 1 atom stereocenters. The molecule has 10 rings (SSSR count). The predicted octanol–water partition coefficient (Wildman–Crippen LogP) is 8.31. The fraction of sp³-hybridized carbons (Fsp3) is 0.0278. The highest BCUT2D eigenvalue weighted by Crippen LogP contribution is 2.42. The van der Waals surface area contributed by atoms with E-state index in [0.717, 1.165) is 37.6 Å². The van der Waals surface area contributed by atoms with Crippen molar-refractivity contribution in [3.8, 4) is 0 Å². The van der Waals surface area contributed by atoms with E-state index in [1.165, 1.54) is 50.6 Å². The van der Waals surface area contributed by atoms with Crippen molar-refractivity contribution in [1.29, 1.82) is 0 Å². The minimum Gasteiger partial charge on any atom is -0.336 e. The van der Waals surface area contributed by atoms with Crippen molar-refractivity contribution >= 4 is 94.9 Å². The van der Waals surface area contributed by atoms with Gasteiger partial charge in [0.25, 0.3) is 0 Å². The first-order valence-electron chi connectivity index (χ1n) is 14.4. The number of alkyl halides is 1. The zero-order chi connectivity index (χ0) is 28.8. The quantitative estimate of drug-likeness (QED) is 0.0807. The lowest BCUT2D eigenvalue weighted by atomic mass is 10.1. The molecular formula is C36H22I2N6. The smallest absolute Gasteiger partial charge is 0.163 e. The molecule has 0 saturated heterocycles. The van der Waals surface area contributed by atoms with Crippen LogP contribution in [-0.4, -0.2) is 25.3 Å². The summed E-state index contributed by atoms with van der Waals surface area (Å²) >= 11 is -1.23. The van der Waals surface area contributed by atoms with Crippen LogP contribution in [-0.2, 0) is 0 Å². The zero-order valence-corrected chi connectivity index (χ0v) is 27.4. The van der Waals surface area contributed by atoms with Gasteiger partial charge in [0.1, 0.15) is 24.8 Å². The van der Waals surface area contributed by atoms with Gasteiger partial charge < -0.3 is 15.3 Å². The standard InChI is InChI=1S/C36H22I2N6/c1-2-10-20-18-28-27(17-19(20)9-1)32-38-31-23-13-5-7-15-25(23)34(41-31)43-33-24-14-6-3-11-21(24)29(39-33)37-30-22-12-4-8-16-26(22)35(40-30)44-36(28)42-32/h1-18,31,39H,(H,41,43)(H,40,42,44). The topological polar surface area (TPSA) is 80.7 Å². The van der Waals surface area contributed by atoms with Crippen molar-refractivity contribution in [2.75, 3.05) is 5.32 Å². The van der Waals surface area contributed by atoms with Crippen molar-refractivity contribution in [2.45, 2.75) is 4.05 Å². The van der Waals surface area contributed by atoms with Crippen LogP contribution in [0.25, 0.3) is 32.3 Å². The Morgan fingerprint density at radius 3 is 2.18 bits per heavy atom. The van der Waals surface area contributed by atoms with E-state index >= 15 is 0 Å². The predicted molar refractivity (Wildman–Crippen MR) is 197 cm³/mol. The number of amidine groups is 2. The Bertz CT molecular complexity index is 2610. The summed E-state index contributed by atoms with van der Waals surface area (Å²) in [5.41, 5.74) is 5.62. The number of halogens is 2. The summed E-state index contributed by atoms with van der Waals surface area (Å²) in [5, 5.41) is 11.0. The molecule has 3 aliphatic heterocycles. The van der Waals surface area contributed by atoms with Gasteiger partial charge in [0.2, 0.25) is 0 Å². The maximum Gasteiger partial charge on any atom is 0.163 e. The number of aliphatic imine (C=N–C) groups is 2. The second-order valence-corrected chi connectivity index (χ2v) is 16.5. The monoisotopic (exact) mass is 792 g/mol. The molecule has 5 aromatic carbocycles. The number of fused-ring (bicyclic) bond motifs is 19. The molecule has 0 fully saturated rings. The van der Waals surface area contributed by atoms with Gasteiger partial charge in [-0.3, -0.25) is 0 Å². The average molecular weight is 792 g/mol. The second-order valence-electron chi connectivity index (χ2n) is 11.0. The lowest BCUT2D eigenvalue weighted by Crippen LogP contribution is -2.11. The Hall–Kier alpha value is -4.29. The molecule has 1 unspecified atom stereocenters. The van der Waals surface area contributed by atoms with Gasteiger partial charge in [-0.1, -0.05) is 118 Å². The molecule has 8 bridgehead atoms. The molecule has 0 saturated carbocycles. The number of aromatic nitrogens is 2. The first-order valence-corrected chi connectivity index (χ1v) is 18.9. The molecule has 7 aromatic rings. The van der Waals surface area contributed by atoms with Crippen LogP contribution in [0.2, 0.25) is 0 Å². The SMILES string of the molecule is c1ccc2c(c1)C1=NC2=Ic2[nH]c(c3ccccc23)NC2=NC(I=c3[nH]c(c4cc5ccccc5cc34)=N1)c1ccccc12. The Balaban J connectivity index is 1.33. The molecule has 0 spiro atoms. The third-order valence-corrected chi connectivity index (χ3v) is 14.2. The molecule has 0 radical (unpaired) electrons. The third kappa shape index (κ3) is 3.80. The molecule has 3 N–H and O–H groups in total. The molecular weight excluding hydrogens is 770 g/mol. The average Bonchev–Trinajstić information content (AvgIpc) is 3.79. The normalized spacial score (nSPS) is 16.8. The Morgan fingerprint density at radius 2 is 1.32 bits per heavy atom. The van der Waals surface area contributed by atoms with Gasteiger partial charge in [-0.25, -0.2) is 15.0 Å². The molecule has 8 heteroatoms. The van der Waals surface area contributed by atoms with Crippen LogP contribution in [0.15, 0.2) is 124 Å². The fourth-order valence-corrected chi connectivity index (χ4v) is 12.2. The molecule has 2 aromatic heterocycles. The Kier molecular flexibility index (Phi) is 5.47. The zero-order valence-electron chi connectivity index (χ0n) is 23.1. The van der Waals surface area contributed by atoms with Gasteiger partial charge in [-0.15, -0.1) is 0 Å². The molecule has 0 amide bonds. The number of nitrogens with one attached hydrogen (secondary N) is 3. The van der Waals surface area contributed by atoms with Gasteiger partial charge in [0.15, 0.2) is 5.84 Å². The summed E-state index contributed by atoms with van der Waals surface area (Å²) in [6.07, 6.45) is 0. The number of aromatic amines is 2. The van der Waals surface area contributed by atoms with Crippen molar-refractivity contribution in [3.05, 3.63) is 144 Å². The van der Waals surface area contributed by atoms with Crippen LogP contribution >= 0.6 is 41.5 Å². The van der Waals surface area contributed by atoms with E-state index in [1.54, 1.807) is 0 Å². The molecule has 0 aliphatic carbocycles. The number of benzene rings is 5. The largest absolute Gasteiger partial charge is 0.336 e. The van der Waals surface area contributed by atoms with Crippen molar-refractivity contribution in [2.24, 2.45) is 15.0 Å². The summed E-state index contributed by atoms with van der Waals surface area (Å²) in [7, 11) is 0. The van der Waals surface area contributed by atoms with Crippen LogP contribution in [0.4, 0.5) is 5.82 Å². The van der Waals surface area contributed by atoms with Crippen molar-refractivity contribution < 1.29 is 0 Å². The third-order valence-electron chi connectivity index (χ3n) is 8.44. The van der Waals surface area contributed by atoms with E-state index in [1.807, 2.05) is 0 Å². The fourth-order valence-electron chi connectivity index (χ4n) is 6.34. The molecule has 3 aliphatic rings. The number of hydrogen-bond acceptors (Lipinski definition) is 4. The van der Waals surface area contributed by atoms with Gasteiger partial charge in [0, 0.05) is 38.2 Å². The molecule has 6 nitrogen and oxygen atoms in total. The van der Waals surface area contributed by atoms with Gasteiger partial charge in [-0.2, -0.15) is 0 Å². The summed E-state index contributed by atoms with van der Waals surface area (Å²) in [4.78, 5) is 23.5. The highest BCUT2D eigenvalue weighted by atomic mass is 127. The van der Waals surface area contributed by atoms with Gasteiger partial charge >= 0.3 is 0 Å². The lowest BCUT2D eigenvalue weighted by Gasteiger charge is -2.06. The van der Waals surface area contributed by atoms with E-state index in [4.69, 9.17) is 15.0 Å². The van der Waals surface area contributed by atoms with Crippen molar-refractivity contribution in [3.63, 3.8) is 0 Å². The van der Waals surface area contributed by atoms with E-state index in [2.05, 4.69) is 124 Å². The number of anilines is 1. The van der Waals surface area contributed by atoms with Crippen LogP contribution in [0, 0.1) is 6.99 Å². The summed E-state index contributed by atoms with van der Waals surface area (Å²) < 4.78 is 3.69. The van der Waals surface area contributed by atoms with Gasteiger partial charge in [-0.05, 0) is 49.2 Å². The summed E-state index contributed by atoms with van der Waals surface area (Å²) in [6, 6.07) is 39.0. The molecule has 44 heavy (non-hydrogen) atoms. The first kappa shape index (κ1) is 25.1. The minimum absolute atomic E-state index is 0.0826. The van der Waals surface area contributed by atoms with Crippen molar-refractivity contribution in [1.82, 2.24) is 9.97 Å². The number of rotatable bonds is 0. The van der Waals surface area contributed by atoms with E-state index in [9.17, 15) is 0 Å². The first-order chi connectivity index (χ1) is 21.8. The highest BCUT2D eigenvalue weighted by Gasteiger charge is 2.26.